The third-order valence-corrected chi connectivity index (χ3v) is 3.11. The fourth-order valence-corrected chi connectivity index (χ4v) is 1.98. The molecule has 2 rings (SSSR count). The van der Waals surface area contributed by atoms with Crippen molar-refractivity contribution in [3.8, 4) is 0 Å². The molecule has 0 saturated heterocycles. The molecule has 2 aromatic heterocycles. The topological polar surface area (TPSA) is 42.2 Å². The Kier molecular flexibility index (Phi) is 3.84. The Balaban J connectivity index is 2.05. The zero-order chi connectivity index (χ0) is 13.1. The van der Waals surface area contributed by atoms with Gasteiger partial charge in [-0.05, 0) is 44.2 Å². The van der Waals surface area contributed by atoms with Crippen molar-refractivity contribution in [2.45, 2.75) is 46.6 Å². The summed E-state index contributed by atoms with van der Waals surface area (Å²) in [6.45, 7) is 8.73. The first-order valence-corrected chi connectivity index (χ1v) is 6.65. The highest BCUT2D eigenvalue weighted by molar-refractivity contribution is 5.49. The van der Waals surface area contributed by atoms with Gasteiger partial charge in [0.15, 0.2) is 5.65 Å². The van der Waals surface area contributed by atoms with Gasteiger partial charge in [0.05, 0.1) is 0 Å². The molecule has 0 aliphatic rings. The molecule has 0 radical (unpaired) electrons. The molecule has 0 aliphatic carbocycles. The Morgan fingerprint density at radius 3 is 2.72 bits per heavy atom. The number of aromatic nitrogens is 3. The highest BCUT2D eigenvalue weighted by Crippen LogP contribution is 2.13. The third kappa shape index (κ3) is 3.00. The lowest BCUT2D eigenvalue weighted by Gasteiger charge is -2.13. The van der Waals surface area contributed by atoms with Gasteiger partial charge in [-0.15, -0.1) is 5.10 Å². The zero-order valence-electron chi connectivity index (χ0n) is 11.6. The second kappa shape index (κ2) is 5.38. The molecule has 0 amide bonds. The fourth-order valence-electron chi connectivity index (χ4n) is 1.98. The lowest BCUT2D eigenvalue weighted by Crippen LogP contribution is -2.16. The number of rotatable bonds is 5. The van der Waals surface area contributed by atoms with E-state index in [1.165, 1.54) is 6.42 Å². The third-order valence-electron chi connectivity index (χ3n) is 3.11. The number of nitrogens with one attached hydrogen (secondary N) is 1. The van der Waals surface area contributed by atoms with Crippen LogP contribution < -0.4 is 5.32 Å². The minimum absolute atomic E-state index is 0.408. The van der Waals surface area contributed by atoms with Crippen LogP contribution in [0.4, 0.5) is 5.95 Å². The summed E-state index contributed by atoms with van der Waals surface area (Å²) in [4.78, 5) is 4.52. The van der Waals surface area contributed by atoms with Gasteiger partial charge in [-0.3, -0.25) is 0 Å². The smallest absolute Gasteiger partial charge is 0.243 e. The number of pyridine rings is 1. The predicted molar refractivity (Wildman–Crippen MR) is 74.9 cm³/mol. The maximum atomic E-state index is 4.52. The van der Waals surface area contributed by atoms with Gasteiger partial charge < -0.3 is 5.32 Å². The second-order valence-corrected chi connectivity index (χ2v) is 5.41. The van der Waals surface area contributed by atoms with Crippen LogP contribution in [0.2, 0.25) is 0 Å². The molecule has 2 aromatic rings. The Morgan fingerprint density at radius 2 is 2.06 bits per heavy atom. The summed E-state index contributed by atoms with van der Waals surface area (Å²) in [5.41, 5.74) is 2.07. The van der Waals surface area contributed by atoms with Crippen molar-refractivity contribution in [3.05, 3.63) is 23.9 Å². The van der Waals surface area contributed by atoms with Gasteiger partial charge in [0.2, 0.25) is 5.95 Å². The van der Waals surface area contributed by atoms with Crippen LogP contribution in [0.3, 0.4) is 0 Å². The summed E-state index contributed by atoms with van der Waals surface area (Å²) in [5.74, 6) is 1.46. The maximum Gasteiger partial charge on any atom is 0.243 e. The molecular formula is C14H22N4. The van der Waals surface area contributed by atoms with Crippen molar-refractivity contribution in [3.63, 3.8) is 0 Å². The maximum absolute atomic E-state index is 4.52. The molecule has 0 bridgehead atoms. The van der Waals surface area contributed by atoms with E-state index in [9.17, 15) is 0 Å². The quantitative estimate of drug-likeness (QED) is 0.880. The Bertz CT molecular complexity index is 515. The number of nitrogens with zero attached hydrogens (tertiary/aromatic N) is 3. The zero-order valence-corrected chi connectivity index (χ0v) is 11.6. The molecule has 4 nitrogen and oxygen atoms in total. The van der Waals surface area contributed by atoms with Crippen LogP contribution >= 0.6 is 0 Å². The molecule has 1 unspecified atom stereocenters. The minimum Gasteiger partial charge on any atom is -0.350 e. The first kappa shape index (κ1) is 12.9. The van der Waals surface area contributed by atoms with Gasteiger partial charge in [0, 0.05) is 12.2 Å². The molecule has 2 heterocycles. The van der Waals surface area contributed by atoms with Crippen LogP contribution in [0.1, 0.15) is 39.2 Å². The summed E-state index contributed by atoms with van der Waals surface area (Å²) < 4.78 is 1.83. The van der Waals surface area contributed by atoms with Crippen LogP contribution in [-0.2, 0) is 0 Å². The van der Waals surface area contributed by atoms with E-state index in [-0.39, 0.29) is 0 Å². The Morgan fingerprint density at radius 1 is 1.28 bits per heavy atom. The monoisotopic (exact) mass is 246 g/mol. The molecule has 98 valence electrons. The number of fused-ring (bicyclic) bond motifs is 1. The highest BCUT2D eigenvalue weighted by atomic mass is 15.3. The molecule has 4 heteroatoms. The highest BCUT2D eigenvalue weighted by Gasteiger charge is 2.09. The number of hydrogen-bond donors (Lipinski definition) is 1. The predicted octanol–water partition coefficient (Wildman–Crippen LogP) is 3.27. The number of hydrogen-bond acceptors (Lipinski definition) is 3. The van der Waals surface area contributed by atoms with E-state index < -0.39 is 0 Å². The van der Waals surface area contributed by atoms with Gasteiger partial charge in [-0.25, -0.2) is 4.52 Å². The van der Waals surface area contributed by atoms with Gasteiger partial charge in [0.25, 0.3) is 0 Å². The molecule has 0 fully saturated rings. The number of anilines is 1. The van der Waals surface area contributed by atoms with Crippen LogP contribution in [0.5, 0.6) is 0 Å². The van der Waals surface area contributed by atoms with Crippen molar-refractivity contribution >= 4 is 11.6 Å². The average Bonchev–Trinajstić information content (AvgIpc) is 2.70. The first-order chi connectivity index (χ1) is 8.56. The average molecular weight is 246 g/mol. The molecular weight excluding hydrogens is 224 g/mol. The summed E-state index contributed by atoms with van der Waals surface area (Å²) in [6.07, 6.45) is 4.30. The van der Waals surface area contributed by atoms with E-state index in [0.717, 1.165) is 29.5 Å². The van der Waals surface area contributed by atoms with E-state index in [1.807, 2.05) is 16.8 Å². The van der Waals surface area contributed by atoms with Gasteiger partial charge in [0.1, 0.15) is 0 Å². The van der Waals surface area contributed by atoms with E-state index in [2.05, 4.69) is 49.2 Å². The molecule has 1 atom stereocenters. The lowest BCUT2D eigenvalue weighted by molar-refractivity contribution is 0.526. The molecule has 0 saturated carbocycles. The van der Waals surface area contributed by atoms with Crippen molar-refractivity contribution in [2.24, 2.45) is 5.92 Å². The van der Waals surface area contributed by atoms with Crippen LogP contribution in [0.15, 0.2) is 18.3 Å². The summed E-state index contributed by atoms with van der Waals surface area (Å²) in [6, 6.07) is 4.45. The van der Waals surface area contributed by atoms with E-state index >= 15 is 0 Å². The Hall–Kier alpha value is -1.58. The Labute approximate surface area is 108 Å². The van der Waals surface area contributed by atoms with E-state index in [1.54, 1.807) is 0 Å². The molecule has 18 heavy (non-hydrogen) atoms. The summed E-state index contributed by atoms with van der Waals surface area (Å²) in [5, 5.41) is 7.81. The van der Waals surface area contributed by atoms with Crippen LogP contribution in [0, 0.1) is 12.8 Å². The minimum atomic E-state index is 0.408. The fraction of sp³-hybridized carbons (Fsp3) is 0.571. The van der Waals surface area contributed by atoms with E-state index in [4.69, 9.17) is 0 Å². The first-order valence-electron chi connectivity index (χ1n) is 6.65. The van der Waals surface area contributed by atoms with Gasteiger partial charge in [-0.2, -0.15) is 4.98 Å². The summed E-state index contributed by atoms with van der Waals surface area (Å²) >= 11 is 0. The van der Waals surface area contributed by atoms with Crippen molar-refractivity contribution in [1.29, 1.82) is 0 Å². The second-order valence-electron chi connectivity index (χ2n) is 5.41. The van der Waals surface area contributed by atoms with Crippen molar-refractivity contribution in [2.75, 3.05) is 5.32 Å². The van der Waals surface area contributed by atoms with Crippen molar-refractivity contribution in [1.82, 2.24) is 14.6 Å². The largest absolute Gasteiger partial charge is 0.350 e. The van der Waals surface area contributed by atoms with Crippen molar-refractivity contribution < 1.29 is 0 Å². The van der Waals surface area contributed by atoms with Gasteiger partial charge in [-0.1, -0.05) is 19.9 Å². The molecule has 0 aliphatic heterocycles. The summed E-state index contributed by atoms with van der Waals surface area (Å²) in [7, 11) is 0. The lowest BCUT2D eigenvalue weighted by atomic mass is 10.0. The van der Waals surface area contributed by atoms with Gasteiger partial charge >= 0.3 is 0 Å². The molecule has 0 spiro atoms. The van der Waals surface area contributed by atoms with Crippen LogP contribution in [0.25, 0.3) is 5.65 Å². The standard InChI is InChI=1S/C14H22N4/c1-10(2)7-8-12(4)15-14-16-13-11(3)6-5-9-18(13)17-14/h5-6,9-10,12H,7-8H2,1-4H3,(H,15,17). The van der Waals surface area contributed by atoms with Crippen LogP contribution in [-0.4, -0.2) is 20.6 Å². The van der Waals surface area contributed by atoms with E-state index in [0.29, 0.717) is 6.04 Å². The SMILES string of the molecule is Cc1cccn2nc(NC(C)CCC(C)C)nc12. The molecule has 0 aromatic carbocycles. The molecule has 1 N–H and O–H groups in total. The number of aryl methyl sites for hydroxylation is 1. The normalized spacial score (nSPS) is 13.2.